The molecule has 0 atom stereocenters. The molecule has 0 bridgehead atoms. The van der Waals surface area contributed by atoms with Crippen LogP contribution in [0.5, 0.6) is 5.75 Å². The summed E-state index contributed by atoms with van der Waals surface area (Å²) in [5.41, 5.74) is 1.27. The average Bonchev–Trinajstić information content (AvgIpc) is 2.37. The minimum atomic E-state index is -0.0224. The van der Waals surface area contributed by atoms with E-state index in [4.69, 9.17) is 4.74 Å². The van der Waals surface area contributed by atoms with Gasteiger partial charge in [-0.1, -0.05) is 28.1 Å². The van der Waals surface area contributed by atoms with Crippen molar-refractivity contribution in [3.05, 3.63) is 62.5 Å². The van der Waals surface area contributed by atoms with Crippen LogP contribution in [0.15, 0.2) is 51.4 Å². The third-order valence-corrected chi connectivity index (χ3v) is 3.66. The molecular formula is C14H10Br2O2. The summed E-state index contributed by atoms with van der Waals surface area (Å²) in [4.78, 5) is 12.3. The zero-order valence-electron chi connectivity index (χ0n) is 9.61. The largest absolute Gasteiger partial charge is 0.497 e. The highest BCUT2D eigenvalue weighted by Crippen LogP contribution is 2.25. The van der Waals surface area contributed by atoms with Crippen molar-refractivity contribution in [3.63, 3.8) is 0 Å². The Kier molecular flexibility index (Phi) is 4.19. The molecule has 0 aromatic heterocycles. The number of rotatable bonds is 3. The van der Waals surface area contributed by atoms with Crippen molar-refractivity contribution in [3.8, 4) is 5.75 Å². The van der Waals surface area contributed by atoms with E-state index >= 15 is 0 Å². The summed E-state index contributed by atoms with van der Waals surface area (Å²) in [5.74, 6) is 0.693. The number of carbonyl (C=O) groups is 1. The van der Waals surface area contributed by atoms with E-state index < -0.39 is 0 Å². The van der Waals surface area contributed by atoms with Gasteiger partial charge < -0.3 is 4.74 Å². The topological polar surface area (TPSA) is 26.3 Å². The van der Waals surface area contributed by atoms with E-state index in [9.17, 15) is 4.79 Å². The van der Waals surface area contributed by atoms with E-state index in [-0.39, 0.29) is 5.78 Å². The normalized spacial score (nSPS) is 10.2. The van der Waals surface area contributed by atoms with Crippen molar-refractivity contribution in [1.29, 1.82) is 0 Å². The molecule has 2 aromatic rings. The smallest absolute Gasteiger partial charge is 0.194 e. The molecule has 0 radical (unpaired) electrons. The summed E-state index contributed by atoms with van der Waals surface area (Å²) in [7, 11) is 1.59. The van der Waals surface area contributed by atoms with Gasteiger partial charge in [0.1, 0.15) is 5.75 Å². The molecule has 92 valence electrons. The third kappa shape index (κ3) is 2.82. The summed E-state index contributed by atoms with van der Waals surface area (Å²) < 4.78 is 6.72. The lowest BCUT2D eigenvalue weighted by Gasteiger charge is -2.06. The monoisotopic (exact) mass is 368 g/mol. The zero-order valence-corrected chi connectivity index (χ0v) is 12.8. The predicted molar refractivity (Wildman–Crippen MR) is 78.3 cm³/mol. The van der Waals surface area contributed by atoms with Crippen LogP contribution in [0.4, 0.5) is 0 Å². The fourth-order valence-electron chi connectivity index (χ4n) is 1.59. The van der Waals surface area contributed by atoms with Crippen molar-refractivity contribution < 1.29 is 9.53 Å². The predicted octanol–water partition coefficient (Wildman–Crippen LogP) is 4.45. The van der Waals surface area contributed by atoms with Gasteiger partial charge in [0.25, 0.3) is 0 Å². The minimum absolute atomic E-state index is 0.0224. The number of benzene rings is 2. The fourth-order valence-corrected chi connectivity index (χ4v) is 2.53. The first-order valence-electron chi connectivity index (χ1n) is 5.25. The van der Waals surface area contributed by atoms with Crippen molar-refractivity contribution in [2.24, 2.45) is 0 Å². The number of ether oxygens (including phenoxy) is 1. The van der Waals surface area contributed by atoms with E-state index in [1.807, 2.05) is 12.1 Å². The Hall–Kier alpha value is -1.13. The van der Waals surface area contributed by atoms with Crippen LogP contribution in [0.3, 0.4) is 0 Å². The molecule has 2 aromatic carbocycles. The van der Waals surface area contributed by atoms with Gasteiger partial charge in [0.05, 0.1) is 7.11 Å². The molecule has 0 aliphatic heterocycles. The van der Waals surface area contributed by atoms with Crippen molar-refractivity contribution in [2.75, 3.05) is 7.11 Å². The van der Waals surface area contributed by atoms with Gasteiger partial charge in [-0.15, -0.1) is 0 Å². The molecule has 0 saturated carbocycles. The summed E-state index contributed by atoms with van der Waals surface area (Å²) >= 11 is 6.75. The molecule has 0 heterocycles. The first-order valence-corrected chi connectivity index (χ1v) is 6.84. The maximum atomic E-state index is 12.3. The highest BCUT2D eigenvalue weighted by atomic mass is 79.9. The molecule has 0 unspecified atom stereocenters. The van der Waals surface area contributed by atoms with Crippen LogP contribution in [0.2, 0.25) is 0 Å². The Morgan fingerprint density at radius 2 is 1.89 bits per heavy atom. The minimum Gasteiger partial charge on any atom is -0.497 e. The van der Waals surface area contributed by atoms with Gasteiger partial charge in [0, 0.05) is 20.1 Å². The summed E-state index contributed by atoms with van der Waals surface area (Å²) in [6.45, 7) is 0. The first-order chi connectivity index (χ1) is 8.61. The molecule has 0 aliphatic carbocycles. The Morgan fingerprint density at radius 3 is 2.50 bits per heavy atom. The maximum Gasteiger partial charge on any atom is 0.194 e. The summed E-state index contributed by atoms with van der Waals surface area (Å²) in [6, 6.07) is 12.6. The van der Waals surface area contributed by atoms with Gasteiger partial charge in [-0.3, -0.25) is 4.79 Å². The summed E-state index contributed by atoms with van der Waals surface area (Å²) in [6.07, 6.45) is 0. The van der Waals surface area contributed by atoms with Crippen LogP contribution >= 0.6 is 31.9 Å². The zero-order chi connectivity index (χ0) is 13.1. The van der Waals surface area contributed by atoms with Crippen molar-refractivity contribution in [1.82, 2.24) is 0 Å². The van der Waals surface area contributed by atoms with Gasteiger partial charge in [0.15, 0.2) is 5.78 Å². The van der Waals surface area contributed by atoms with Crippen LogP contribution in [0.25, 0.3) is 0 Å². The molecule has 2 rings (SSSR count). The Balaban J connectivity index is 2.40. The Morgan fingerprint density at radius 1 is 1.11 bits per heavy atom. The van der Waals surface area contributed by atoms with E-state index in [2.05, 4.69) is 31.9 Å². The highest BCUT2D eigenvalue weighted by molar-refractivity contribution is 9.10. The Labute approximate surface area is 122 Å². The molecule has 0 amide bonds. The van der Waals surface area contributed by atoms with E-state index in [1.54, 1.807) is 37.4 Å². The molecular weight excluding hydrogens is 360 g/mol. The third-order valence-electron chi connectivity index (χ3n) is 2.51. The maximum absolute atomic E-state index is 12.3. The van der Waals surface area contributed by atoms with E-state index in [0.29, 0.717) is 16.9 Å². The number of carbonyl (C=O) groups excluding carboxylic acids is 1. The van der Waals surface area contributed by atoms with Crippen LogP contribution < -0.4 is 4.74 Å². The van der Waals surface area contributed by atoms with E-state index in [1.165, 1.54) is 0 Å². The number of ketones is 1. The molecule has 0 saturated heterocycles. The Bertz CT molecular complexity index is 594. The second kappa shape index (κ2) is 5.67. The number of hydrogen-bond acceptors (Lipinski definition) is 2. The molecule has 18 heavy (non-hydrogen) atoms. The SMILES string of the molecule is COc1ccc(C(=O)c2cccc(Br)c2)c(Br)c1. The molecule has 0 N–H and O–H groups in total. The van der Waals surface area contributed by atoms with Gasteiger partial charge >= 0.3 is 0 Å². The summed E-state index contributed by atoms with van der Waals surface area (Å²) in [5, 5.41) is 0. The van der Waals surface area contributed by atoms with E-state index in [0.717, 1.165) is 8.95 Å². The molecule has 0 spiro atoms. The second-order valence-electron chi connectivity index (χ2n) is 3.69. The standard InChI is InChI=1S/C14H10Br2O2/c1-18-11-5-6-12(13(16)8-11)14(17)9-3-2-4-10(15)7-9/h2-8H,1H3. The van der Waals surface area contributed by atoms with Crippen molar-refractivity contribution in [2.45, 2.75) is 0 Å². The van der Waals surface area contributed by atoms with Crippen LogP contribution in [-0.4, -0.2) is 12.9 Å². The van der Waals surface area contributed by atoms with Gasteiger partial charge in [0.2, 0.25) is 0 Å². The van der Waals surface area contributed by atoms with Gasteiger partial charge in [-0.05, 0) is 46.3 Å². The highest BCUT2D eigenvalue weighted by Gasteiger charge is 2.13. The lowest BCUT2D eigenvalue weighted by molar-refractivity contribution is 0.103. The lowest BCUT2D eigenvalue weighted by atomic mass is 10.0. The number of halogens is 2. The van der Waals surface area contributed by atoms with Gasteiger partial charge in [-0.25, -0.2) is 0 Å². The second-order valence-corrected chi connectivity index (χ2v) is 5.46. The van der Waals surface area contributed by atoms with Gasteiger partial charge in [-0.2, -0.15) is 0 Å². The van der Waals surface area contributed by atoms with Crippen LogP contribution in [0, 0.1) is 0 Å². The molecule has 0 fully saturated rings. The van der Waals surface area contributed by atoms with Crippen molar-refractivity contribution >= 4 is 37.6 Å². The fraction of sp³-hybridized carbons (Fsp3) is 0.0714. The molecule has 0 aliphatic rings. The lowest BCUT2D eigenvalue weighted by Crippen LogP contribution is -2.02. The quantitative estimate of drug-likeness (QED) is 0.747. The van der Waals surface area contributed by atoms with Crippen LogP contribution in [0.1, 0.15) is 15.9 Å². The first kappa shape index (κ1) is 13.3. The number of methoxy groups -OCH3 is 1. The number of hydrogen-bond donors (Lipinski definition) is 0. The average molecular weight is 370 g/mol. The molecule has 4 heteroatoms. The van der Waals surface area contributed by atoms with Crippen LogP contribution in [-0.2, 0) is 0 Å². The molecule has 2 nitrogen and oxygen atoms in total.